The average molecular weight is 378 g/mol. The van der Waals surface area contributed by atoms with E-state index < -0.39 is 0 Å². The molecule has 0 bridgehead atoms. The minimum Gasteiger partial charge on any atom is -0.398 e. The molecule has 1 aromatic rings. The Morgan fingerprint density at radius 3 is 2.67 bits per heavy atom. The first kappa shape index (κ1) is 14.3. The molecule has 0 spiro atoms. The van der Waals surface area contributed by atoms with Gasteiger partial charge in [0.25, 0.3) is 0 Å². The van der Waals surface area contributed by atoms with Gasteiger partial charge < -0.3 is 10.5 Å². The molecule has 1 heterocycles. The normalized spacial score (nSPS) is 17.0. The Morgan fingerprint density at radius 2 is 1.94 bits per heavy atom. The molecule has 0 unspecified atom stereocenters. The summed E-state index contributed by atoms with van der Waals surface area (Å²) >= 11 is 6.99. The first-order valence-corrected chi connectivity index (χ1v) is 7.79. The van der Waals surface area contributed by atoms with E-state index in [0.29, 0.717) is 0 Å². The van der Waals surface area contributed by atoms with E-state index in [0.717, 1.165) is 60.3 Å². The molecular weight excluding hydrogens is 360 g/mol. The number of halogens is 2. The standard InChI is InChI=1S/C13H18Br2N2O/c14-11-8-10(13(16)12(15)9-11)2-1-3-17-4-6-18-7-5-17/h8-9H,1-7,16H2. The molecule has 0 saturated carbocycles. The number of hydrogen-bond donors (Lipinski definition) is 1. The number of benzene rings is 1. The average Bonchev–Trinajstić information content (AvgIpc) is 2.36. The molecule has 0 amide bonds. The minimum absolute atomic E-state index is 0.861. The summed E-state index contributed by atoms with van der Waals surface area (Å²) in [6, 6.07) is 4.10. The second-order valence-electron chi connectivity index (χ2n) is 4.52. The Labute approximate surface area is 125 Å². The van der Waals surface area contributed by atoms with Crippen LogP contribution in [-0.2, 0) is 11.2 Å². The molecule has 5 heteroatoms. The van der Waals surface area contributed by atoms with Gasteiger partial charge in [0.05, 0.1) is 13.2 Å². The van der Waals surface area contributed by atoms with E-state index in [9.17, 15) is 0 Å². The highest BCUT2D eigenvalue weighted by molar-refractivity contribution is 9.11. The van der Waals surface area contributed by atoms with Crippen molar-refractivity contribution in [3.63, 3.8) is 0 Å². The van der Waals surface area contributed by atoms with Gasteiger partial charge in [0, 0.05) is 27.7 Å². The Morgan fingerprint density at radius 1 is 1.22 bits per heavy atom. The third-order valence-corrected chi connectivity index (χ3v) is 4.32. The van der Waals surface area contributed by atoms with Gasteiger partial charge in [-0.05, 0) is 53.0 Å². The van der Waals surface area contributed by atoms with E-state index in [1.54, 1.807) is 0 Å². The molecule has 1 saturated heterocycles. The maximum atomic E-state index is 6.07. The smallest absolute Gasteiger partial charge is 0.0594 e. The van der Waals surface area contributed by atoms with E-state index in [2.05, 4.69) is 42.8 Å². The number of anilines is 1. The van der Waals surface area contributed by atoms with E-state index in [1.807, 2.05) is 6.07 Å². The van der Waals surface area contributed by atoms with Gasteiger partial charge in [-0.15, -0.1) is 0 Å². The van der Waals surface area contributed by atoms with Crippen molar-refractivity contribution in [3.05, 3.63) is 26.6 Å². The summed E-state index contributed by atoms with van der Waals surface area (Å²) in [7, 11) is 0. The Bertz CT molecular complexity index is 406. The van der Waals surface area contributed by atoms with Gasteiger partial charge in [-0.25, -0.2) is 0 Å². The first-order valence-electron chi connectivity index (χ1n) is 6.20. The summed E-state index contributed by atoms with van der Waals surface area (Å²) in [6.45, 7) is 4.96. The predicted octanol–water partition coefficient (Wildman–Crippen LogP) is 3.06. The van der Waals surface area contributed by atoms with Crippen molar-refractivity contribution in [3.8, 4) is 0 Å². The molecule has 1 fully saturated rings. The largest absolute Gasteiger partial charge is 0.398 e. The van der Waals surface area contributed by atoms with Crippen LogP contribution in [0.1, 0.15) is 12.0 Å². The zero-order valence-electron chi connectivity index (χ0n) is 10.3. The maximum Gasteiger partial charge on any atom is 0.0594 e. The highest BCUT2D eigenvalue weighted by Crippen LogP contribution is 2.29. The summed E-state index contributed by atoms with van der Waals surface area (Å²) in [5.74, 6) is 0. The lowest BCUT2D eigenvalue weighted by atomic mass is 10.1. The fourth-order valence-electron chi connectivity index (χ4n) is 2.16. The molecule has 1 aliphatic rings. The summed E-state index contributed by atoms with van der Waals surface area (Å²) in [6.07, 6.45) is 2.15. The second kappa shape index (κ2) is 6.89. The molecule has 100 valence electrons. The van der Waals surface area contributed by atoms with E-state index in [-0.39, 0.29) is 0 Å². The van der Waals surface area contributed by atoms with Crippen molar-refractivity contribution in [1.29, 1.82) is 0 Å². The van der Waals surface area contributed by atoms with Gasteiger partial charge in [-0.2, -0.15) is 0 Å². The topological polar surface area (TPSA) is 38.5 Å². The van der Waals surface area contributed by atoms with Crippen molar-refractivity contribution in [2.24, 2.45) is 0 Å². The molecular formula is C13H18Br2N2O. The first-order chi connectivity index (χ1) is 8.66. The number of aryl methyl sites for hydroxylation is 1. The van der Waals surface area contributed by atoms with Crippen LogP contribution in [0.25, 0.3) is 0 Å². The summed E-state index contributed by atoms with van der Waals surface area (Å²) in [5.41, 5.74) is 8.14. The van der Waals surface area contributed by atoms with Crippen molar-refractivity contribution in [2.45, 2.75) is 12.8 Å². The van der Waals surface area contributed by atoms with Gasteiger partial charge in [-0.3, -0.25) is 4.90 Å². The fourth-order valence-corrected chi connectivity index (χ4v) is 3.48. The lowest BCUT2D eigenvalue weighted by Gasteiger charge is -2.26. The van der Waals surface area contributed by atoms with Gasteiger partial charge in [-0.1, -0.05) is 15.9 Å². The Hall–Kier alpha value is -0.100. The lowest BCUT2D eigenvalue weighted by molar-refractivity contribution is 0.0375. The van der Waals surface area contributed by atoms with Crippen LogP contribution < -0.4 is 5.73 Å². The summed E-state index contributed by atoms with van der Waals surface area (Å²) in [5, 5.41) is 0. The molecule has 1 aliphatic heterocycles. The second-order valence-corrected chi connectivity index (χ2v) is 6.29. The van der Waals surface area contributed by atoms with Crippen molar-refractivity contribution in [1.82, 2.24) is 4.90 Å². The van der Waals surface area contributed by atoms with Crippen molar-refractivity contribution >= 4 is 37.5 Å². The molecule has 0 aliphatic carbocycles. The third kappa shape index (κ3) is 3.95. The SMILES string of the molecule is Nc1c(Br)cc(Br)cc1CCCN1CCOCC1. The van der Waals surface area contributed by atoms with Gasteiger partial charge in [0.1, 0.15) is 0 Å². The number of nitrogens with zero attached hydrogens (tertiary/aromatic N) is 1. The fraction of sp³-hybridized carbons (Fsp3) is 0.538. The van der Waals surface area contributed by atoms with Crippen LogP contribution in [0, 0.1) is 0 Å². The molecule has 2 rings (SSSR count). The van der Waals surface area contributed by atoms with E-state index in [4.69, 9.17) is 10.5 Å². The van der Waals surface area contributed by atoms with Crippen molar-refractivity contribution < 1.29 is 4.74 Å². The predicted molar refractivity (Wildman–Crippen MR) is 81.8 cm³/mol. The van der Waals surface area contributed by atoms with Gasteiger partial charge in [0.15, 0.2) is 0 Å². The monoisotopic (exact) mass is 376 g/mol. The number of morpholine rings is 1. The quantitative estimate of drug-likeness (QED) is 0.819. The molecule has 0 radical (unpaired) electrons. The molecule has 3 nitrogen and oxygen atoms in total. The number of rotatable bonds is 4. The van der Waals surface area contributed by atoms with Crippen LogP contribution in [0.15, 0.2) is 21.1 Å². The highest BCUT2D eigenvalue weighted by Gasteiger charge is 2.10. The zero-order chi connectivity index (χ0) is 13.0. The maximum absolute atomic E-state index is 6.07. The van der Waals surface area contributed by atoms with Gasteiger partial charge in [0.2, 0.25) is 0 Å². The van der Waals surface area contributed by atoms with Crippen molar-refractivity contribution in [2.75, 3.05) is 38.6 Å². The van der Waals surface area contributed by atoms with Crippen LogP contribution in [0.3, 0.4) is 0 Å². The van der Waals surface area contributed by atoms with Crippen LogP contribution in [0.2, 0.25) is 0 Å². The molecule has 0 atom stereocenters. The number of ether oxygens (including phenoxy) is 1. The zero-order valence-corrected chi connectivity index (χ0v) is 13.5. The third-order valence-electron chi connectivity index (χ3n) is 3.20. The lowest BCUT2D eigenvalue weighted by Crippen LogP contribution is -2.36. The molecule has 0 aromatic heterocycles. The molecule has 2 N–H and O–H groups in total. The molecule has 1 aromatic carbocycles. The van der Waals surface area contributed by atoms with Crippen LogP contribution >= 0.6 is 31.9 Å². The number of hydrogen-bond acceptors (Lipinski definition) is 3. The number of nitrogen functional groups attached to an aromatic ring is 1. The Kier molecular flexibility index (Phi) is 5.48. The molecule has 18 heavy (non-hydrogen) atoms. The van der Waals surface area contributed by atoms with Crippen LogP contribution in [0.4, 0.5) is 5.69 Å². The minimum atomic E-state index is 0.861. The summed E-state index contributed by atoms with van der Waals surface area (Å²) < 4.78 is 7.39. The highest BCUT2D eigenvalue weighted by atomic mass is 79.9. The number of nitrogens with two attached hydrogens (primary N) is 1. The Balaban J connectivity index is 1.86. The van der Waals surface area contributed by atoms with Gasteiger partial charge >= 0.3 is 0 Å². The summed E-state index contributed by atoms with van der Waals surface area (Å²) in [4.78, 5) is 2.45. The van der Waals surface area contributed by atoms with E-state index in [1.165, 1.54) is 5.56 Å². The van der Waals surface area contributed by atoms with E-state index >= 15 is 0 Å². The van der Waals surface area contributed by atoms with Crippen LogP contribution in [0.5, 0.6) is 0 Å². The van der Waals surface area contributed by atoms with Crippen LogP contribution in [-0.4, -0.2) is 37.7 Å².